The summed E-state index contributed by atoms with van der Waals surface area (Å²) in [7, 11) is 4.16. The number of rotatable bonds is 8. The second kappa shape index (κ2) is 8.05. The van der Waals surface area contributed by atoms with Gasteiger partial charge in [-0.3, -0.25) is 4.90 Å². The number of nitrogens with two attached hydrogens (primary N) is 1. The minimum absolute atomic E-state index is 0.0829. The van der Waals surface area contributed by atoms with Crippen LogP contribution in [0.2, 0.25) is 0 Å². The molecule has 0 aromatic heterocycles. The Balaban J connectivity index is 3.99. The lowest BCUT2D eigenvalue weighted by Gasteiger charge is -2.31. The average Bonchev–Trinajstić information content (AvgIpc) is 2.13. The van der Waals surface area contributed by atoms with E-state index in [-0.39, 0.29) is 12.6 Å². The molecule has 0 heterocycles. The van der Waals surface area contributed by atoms with Crippen LogP contribution in [0, 0.1) is 0 Å². The number of hydrogen-bond acceptors (Lipinski definition) is 4. The highest BCUT2D eigenvalue weighted by molar-refractivity contribution is 4.73. The molecule has 4 heteroatoms. The fourth-order valence-corrected chi connectivity index (χ4v) is 1.82. The zero-order valence-corrected chi connectivity index (χ0v) is 10.6. The predicted molar refractivity (Wildman–Crippen MR) is 64.9 cm³/mol. The normalized spacial score (nSPS) is 16.0. The van der Waals surface area contributed by atoms with Gasteiger partial charge >= 0.3 is 0 Å². The van der Waals surface area contributed by atoms with Gasteiger partial charge < -0.3 is 15.7 Å². The van der Waals surface area contributed by atoms with Crippen LogP contribution in [0.4, 0.5) is 0 Å². The fraction of sp³-hybridized carbons (Fsp3) is 1.00. The molecule has 15 heavy (non-hydrogen) atoms. The van der Waals surface area contributed by atoms with E-state index in [0.29, 0.717) is 12.5 Å². The molecule has 4 nitrogen and oxygen atoms in total. The van der Waals surface area contributed by atoms with Crippen molar-refractivity contribution in [2.75, 3.05) is 40.3 Å². The summed E-state index contributed by atoms with van der Waals surface area (Å²) in [4.78, 5) is 4.55. The van der Waals surface area contributed by atoms with Gasteiger partial charge in [0.25, 0.3) is 0 Å². The summed E-state index contributed by atoms with van der Waals surface area (Å²) in [6, 6.07) is 0.592. The van der Waals surface area contributed by atoms with Crippen LogP contribution in [0.3, 0.4) is 0 Å². The Labute approximate surface area is 94.0 Å². The van der Waals surface area contributed by atoms with Gasteiger partial charge in [0.05, 0.1) is 0 Å². The molecule has 0 aliphatic rings. The molecule has 0 saturated carbocycles. The molecule has 2 atom stereocenters. The lowest BCUT2D eigenvalue weighted by molar-refractivity contribution is 0.163. The second-order valence-corrected chi connectivity index (χ2v) is 4.47. The first kappa shape index (κ1) is 14.8. The lowest BCUT2D eigenvalue weighted by atomic mass is 10.2. The van der Waals surface area contributed by atoms with Crippen LogP contribution in [-0.4, -0.2) is 67.3 Å². The number of likely N-dealkylation sites (N-methyl/N-ethyl adjacent to an activating group) is 2. The molecule has 0 aromatic rings. The summed E-state index contributed by atoms with van der Waals surface area (Å²) in [5.41, 5.74) is 5.91. The van der Waals surface area contributed by atoms with E-state index in [4.69, 9.17) is 10.8 Å². The smallest absolute Gasteiger partial charge is 0.0446 e. The zero-order chi connectivity index (χ0) is 11.8. The van der Waals surface area contributed by atoms with Crippen molar-refractivity contribution in [1.82, 2.24) is 9.80 Å². The second-order valence-electron chi connectivity index (χ2n) is 4.47. The Morgan fingerprint density at radius 1 is 1.27 bits per heavy atom. The van der Waals surface area contributed by atoms with Crippen molar-refractivity contribution in [2.45, 2.75) is 32.4 Å². The van der Waals surface area contributed by atoms with E-state index in [0.717, 1.165) is 19.6 Å². The molecule has 0 aromatic carbocycles. The van der Waals surface area contributed by atoms with Crippen molar-refractivity contribution in [3.05, 3.63) is 0 Å². The van der Waals surface area contributed by atoms with Crippen molar-refractivity contribution in [3.8, 4) is 0 Å². The van der Waals surface area contributed by atoms with Gasteiger partial charge in [-0.2, -0.15) is 0 Å². The zero-order valence-electron chi connectivity index (χ0n) is 10.6. The third-order valence-corrected chi connectivity index (χ3v) is 2.63. The molecule has 0 aliphatic heterocycles. The molecule has 0 bridgehead atoms. The molecule has 0 fully saturated rings. The maximum Gasteiger partial charge on any atom is 0.0446 e. The van der Waals surface area contributed by atoms with Crippen molar-refractivity contribution in [2.24, 2.45) is 5.73 Å². The summed E-state index contributed by atoms with van der Waals surface area (Å²) >= 11 is 0. The van der Waals surface area contributed by atoms with Gasteiger partial charge in [0.2, 0.25) is 0 Å². The first-order valence-corrected chi connectivity index (χ1v) is 5.76. The van der Waals surface area contributed by atoms with Crippen LogP contribution >= 0.6 is 0 Å². The first-order chi connectivity index (χ1) is 7.01. The van der Waals surface area contributed by atoms with Gasteiger partial charge in [-0.15, -0.1) is 0 Å². The molecular weight excluding hydrogens is 190 g/mol. The molecule has 3 N–H and O–H groups in total. The maximum atomic E-state index is 8.80. The molecule has 0 rings (SSSR count). The minimum Gasteiger partial charge on any atom is -0.396 e. The number of aliphatic hydroxyl groups is 1. The van der Waals surface area contributed by atoms with Crippen molar-refractivity contribution in [3.63, 3.8) is 0 Å². The third kappa shape index (κ3) is 6.84. The van der Waals surface area contributed by atoms with Crippen molar-refractivity contribution < 1.29 is 5.11 Å². The molecule has 0 amide bonds. The maximum absolute atomic E-state index is 8.80. The SMILES string of the molecule is CCN(CC(N)CCO)C(C)CN(C)C. The van der Waals surface area contributed by atoms with Crippen LogP contribution in [0.1, 0.15) is 20.3 Å². The van der Waals surface area contributed by atoms with Gasteiger partial charge in [0.15, 0.2) is 0 Å². The number of nitrogens with zero attached hydrogens (tertiary/aromatic N) is 2. The molecule has 2 unspecified atom stereocenters. The van der Waals surface area contributed by atoms with Crippen molar-refractivity contribution in [1.29, 1.82) is 0 Å². The average molecular weight is 217 g/mol. The summed E-state index contributed by atoms with van der Waals surface area (Å²) in [5, 5.41) is 8.80. The Morgan fingerprint density at radius 3 is 2.27 bits per heavy atom. The van der Waals surface area contributed by atoms with E-state index in [1.165, 1.54) is 0 Å². The fourth-order valence-electron chi connectivity index (χ4n) is 1.82. The predicted octanol–water partition coefficient (Wildman–Crippen LogP) is -0.0319. The molecule has 92 valence electrons. The third-order valence-electron chi connectivity index (χ3n) is 2.63. The van der Waals surface area contributed by atoms with E-state index in [2.05, 4.69) is 37.7 Å². The highest BCUT2D eigenvalue weighted by Gasteiger charge is 2.15. The molecule has 0 radical (unpaired) electrons. The summed E-state index contributed by atoms with van der Waals surface area (Å²) in [5.74, 6) is 0. The summed E-state index contributed by atoms with van der Waals surface area (Å²) < 4.78 is 0. The monoisotopic (exact) mass is 217 g/mol. The van der Waals surface area contributed by atoms with Crippen LogP contribution in [0.25, 0.3) is 0 Å². The first-order valence-electron chi connectivity index (χ1n) is 5.76. The van der Waals surface area contributed by atoms with Gasteiger partial charge in [-0.05, 0) is 34.0 Å². The van der Waals surface area contributed by atoms with E-state index in [1.54, 1.807) is 0 Å². The molecule has 0 aliphatic carbocycles. The Hall–Kier alpha value is -0.160. The van der Waals surface area contributed by atoms with Crippen molar-refractivity contribution >= 4 is 0 Å². The minimum atomic E-state index is 0.0829. The van der Waals surface area contributed by atoms with Crippen LogP contribution in [-0.2, 0) is 0 Å². The lowest BCUT2D eigenvalue weighted by Crippen LogP contribution is -2.46. The highest BCUT2D eigenvalue weighted by Crippen LogP contribution is 2.02. The van der Waals surface area contributed by atoms with E-state index in [9.17, 15) is 0 Å². The van der Waals surface area contributed by atoms with Crippen LogP contribution in [0.5, 0.6) is 0 Å². The summed E-state index contributed by atoms with van der Waals surface area (Å²) in [6.45, 7) is 7.47. The highest BCUT2D eigenvalue weighted by atomic mass is 16.3. The largest absolute Gasteiger partial charge is 0.396 e. The van der Waals surface area contributed by atoms with E-state index >= 15 is 0 Å². The molecule has 0 spiro atoms. The standard InChI is InChI=1S/C11H27N3O/c1-5-14(9-11(12)6-7-15)10(2)8-13(3)4/h10-11,15H,5-9,12H2,1-4H3. The molecular formula is C11H27N3O. The van der Waals surface area contributed by atoms with Crippen LogP contribution in [0.15, 0.2) is 0 Å². The van der Waals surface area contributed by atoms with Gasteiger partial charge in [0.1, 0.15) is 0 Å². The van der Waals surface area contributed by atoms with E-state index < -0.39 is 0 Å². The quantitative estimate of drug-likeness (QED) is 0.599. The number of hydrogen-bond donors (Lipinski definition) is 2. The van der Waals surface area contributed by atoms with E-state index in [1.807, 2.05) is 0 Å². The van der Waals surface area contributed by atoms with Gasteiger partial charge in [-0.25, -0.2) is 0 Å². The number of aliphatic hydroxyl groups excluding tert-OH is 1. The Morgan fingerprint density at radius 2 is 1.87 bits per heavy atom. The summed E-state index contributed by atoms with van der Waals surface area (Å²) in [6.07, 6.45) is 0.686. The van der Waals surface area contributed by atoms with Gasteiger partial charge in [-0.1, -0.05) is 6.92 Å². The Kier molecular flexibility index (Phi) is 7.96. The van der Waals surface area contributed by atoms with Gasteiger partial charge in [0, 0.05) is 31.8 Å². The topological polar surface area (TPSA) is 52.7 Å². The molecule has 0 saturated heterocycles. The van der Waals surface area contributed by atoms with Crippen LogP contribution < -0.4 is 5.73 Å². The Bertz CT molecular complexity index is 153.